The van der Waals surface area contributed by atoms with E-state index in [1.807, 2.05) is 19.2 Å². The van der Waals surface area contributed by atoms with Crippen molar-refractivity contribution in [3.05, 3.63) is 29.3 Å². The van der Waals surface area contributed by atoms with Gasteiger partial charge in [-0.2, -0.15) is 0 Å². The summed E-state index contributed by atoms with van der Waals surface area (Å²) in [6.45, 7) is 2.47. The van der Waals surface area contributed by atoms with Gasteiger partial charge in [-0.15, -0.1) is 0 Å². The Bertz CT molecular complexity index is 552. The monoisotopic (exact) mass is 286 g/mol. The Balaban J connectivity index is 1.68. The van der Waals surface area contributed by atoms with Crippen molar-refractivity contribution >= 4 is 0 Å². The number of rotatable bonds is 1. The van der Waals surface area contributed by atoms with Gasteiger partial charge in [-0.05, 0) is 85.0 Å². The van der Waals surface area contributed by atoms with Crippen LogP contribution in [0.2, 0.25) is 0 Å². The highest BCUT2D eigenvalue weighted by Gasteiger charge is 2.54. The van der Waals surface area contributed by atoms with Crippen molar-refractivity contribution in [3.63, 3.8) is 0 Å². The van der Waals surface area contributed by atoms with Crippen molar-refractivity contribution in [2.45, 2.75) is 57.5 Å². The summed E-state index contributed by atoms with van der Waals surface area (Å²) in [5, 5.41) is 9.73. The predicted molar refractivity (Wildman–Crippen MR) is 83.5 cm³/mol. The standard InChI is InChI=1S/C19H26O2/c1-19-10-9-15-14-6-4-13(20)11-12(14)3-5-16(15)17(19)7-8-18(19)21-2/h4,6,11,15-18,20H,3,5,7-10H2,1-2H3/t15-,16?,17+,18+,19+/m1/s1. The van der Waals surface area contributed by atoms with Crippen LogP contribution < -0.4 is 0 Å². The van der Waals surface area contributed by atoms with E-state index in [9.17, 15) is 5.11 Å². The van der Waals surface area contributed by atoms with Crippen LogP contribution in [0.4, 0.5) is 0 Å². The fraction of sp³-hybridized carbons (Fsp3) is 0.684. The molecule has 1 aromatic carbocycles. The topological polar surface area (TPSA) is 29.5 Å². The zero-order valence-electron chi connectivity index (χ0n) is 13.1. The fourth-order valence-corrected chi connectivity index (χ4v) is 5.91. The number of aromatic hydroxyl groups is 1. The molecular formula is C19H26O2. The molecule has 3 aliphatic carbocycles. The summed E-state index contributed by atoms with van der Waals surface area (Å²) in [4.78, 5) is 0. The first kappa shape index (κ1) is 13.6. The van der Waals surface area contributed by atoms with Gasteiger partial charge in [-0.1, -0.05) is 13.0 Å². The van der Waals surface area contributed by atoms with Gasteiger partial charge in [0.15, 0.2) is 0 Å². The summed E-state index contributed by atoms with van der Waals surface area (Å²) in [6, 6.07) is 6.06. The van der Waals surface area contributed by atoms with Crippen LogP contribution in [0.1, 0.15) is 56.1 Å². The number of hydrogen-bond donors (Lipinski definition) is 1. The van der Waals surface area contributed by atoms with Gasteiger partial charge in [0.2, 0.25) is 0 Å². The lowest BCUT2D eigenvalue weighted by atomic mass is 9.55. The van der Waals surface area contributed by atoms with E-state index < -0.39 is 0 Å². The van der Waals surface area contributed by atoms with E-state index in [2.05, 4.69) is 13.0 Å². The number of methoxy groups -OCH3 is 1. The number of phenolic OH excluding ortho intramolecular Hbond substituents is 1. The summed E-state index contributed by atoms with van der Waals surface area (Å²) < 4.78 is 5.82. The number of hydrogen-bond acceptors (Lipinski definition) is 2. The van der Waals surface area contributed by atoms with Gasteiger partial charge in [0, 0.05) is 7.11 Å². The zero-order chi connectivity index (χ0) is 14.6. The second-order valence-electron chi connectivity index (χ2n) is 7.64. The molecule has 2 nitrogen and oxygen atoms in total. The maximum absolute atomic E-state index is 9.73. The summed E-state index contributed by atoms with van der Waals surface area (Å²) in [6.07, 6.45) is 8.04. The van der Waals surface area contributed by atoms with Crippen LogP contribution >= 0.6 is 0 Å². The van der Waals surface area contributed by atoms with Crippen LogP contribution in [-0.2, 0) is 11.2 Å². The largest absolute Gasteiger partial charge is 0.508 e. The Morgan fingerprint density at radius 3 is 2.86 bits per heavy atom. The number of benzene rings is 1. The Kier molecular flexibility index (Phi) is 3.08. The van der Waals surface area contributed by atoms with E-state index in [1.54, 1.807) is 0 Å². The minimum absolute atomic E-state index is 0.393. The Hall–Kier alpha value is -1.02. The van der Waals surface area contributed by atoms with Crippen LogP contribution in [0, 0.1) is 17.3 Å². The smallest absolute Gasteiger partial charge is 0.115 e. The van der Waals surface area contributed by atoms with E-state index in [4.69, 9.17) is 4.74 Å². The molecule has 2 fully saturated rings. The Morgan fingerprint density at radius 2 is 2.05 bits per heavy atom. The van der Waals surface area contributed by atoms with E-state index in [1.165, 1.54) is 43.2 Å². The highest BCUT2D eigenvalue weighted by molar-refractivity contribution is 5.40. The van der Waals surface area contributed by atoms with Gasteiger partial charge < -0.3 is 9.84 Å². The Labute approximate surface area is 127 Å². The molecule has 21 heavy (non-hydrogen) atoms. The lowest BCUT2D eigenvalue weighted by Crippen LogP contribution is -2.44. The Morgan fingerprint density at radius 1 is 1.19 bits per heavy atom. The lowest BCUT2D eigenvalue weighted by Gasteiger charge is -2.50. The molecule has 1 unspecified atom stereocenters. The molecule has 1 N–H and O–H groups in total. The van der Waals surface area contributed by atoms with Crippen LogP contribution in [0.5, 0.6) is 5.75 Å². The molecule has 5 atom stereocenters. The van der Waals surface area contributed by atoms with E-state index in [0.717, 1.165) is 18.3 Å². The zero-order valence-corrected chi connectivity index (χ0v) is 13.1. The van der Waals surface area contributed by atoms with Crippen molar-refractivity contribution in [1.29, 1.82) is 0 Å². The molecule has 4 rings (SSSR count). The van der Waals surface area contributed by atoms with E-state index in [-0.39, 0.29) is 0 Å². The third kappa shape index (κ3) is 1.88. The first-order chi connectivity index (χ1) is 10.1. The number of fused-ring (bicyclic) bond motifs is 5. The summed E-state index contributed by atoms with van der Waals surface area (Å²) in [7, 11) is 1.89. The minimum Gasteiger partial charge on any atom is -0.508 e. The molecule has 0 radical (unpaired) electrons. The average molecular weight is 286 g/mol. The first-order valence-electron chi connectivity index (χ1n) is 8.48. The van der Waals surface area contributed by atoms with Crippen molar-refractivity contribution in [1.82, 2.24) is 0 Å². The molecule has 0 amide bonds. The highest BCUT2D eigenvalue weighted by Crippen LogP contribution is 2.61. The second-order valence-corrected chi connectivity index (χ2v) is 7.64. The number of phenols is 1. The molecule has 114 valence electrons. The summed E-state index contributed by atoms with van der Waals surface area (Å²) in [5.41, 5.74) is 3.30. The minimum atomic E-state index is 0.393. The van der Waals surface area contributed by atoms with Crippen molar-refractivity contribution in [2.75, 3.05) is 7.11 Å². The second kappa shape index (κ2) is 4.74. The third-order valence-corrected chi connectivity index (χ3v) is 6.91. The predicted octanol–water partition coefficient (Wildman–Crippen LogP) is 4.26. The molecule has 0 heterocycles. The summed E-state index contributed by atoms with van der Waals surface area (Å²) >= 11 is 0. The van der Waals surface area contributed by atoms with Crippen LogP contribution in [0.15, 0.2) is 18.2 Å². The highest BCUT2D eigenvalue weighted by atomic mass is 16.5. The van der Waals surface area contributed by atoms with Crippen LogP contribution in [0.25, 0.3) is 0 Å². The number of ether oxygens (including phenoxy) is 1. The van der Waals surface area contributed by atoms with Crippen LogP contribution in [0.3, 0.4) is 0 Å². The maximum atomic E-state index is 9.73. The van der Waals surface area contributed by atoms with Gasteiger partial charge in [0.1, 0.15) is 5.75 Å². The van der Waals surface area contributed by atoms with Crippen molar-refractivity contribution in [3.8, 4) is 5.75 Å². The molecule has 0 aliphatic heterocycles. The van der Waals surface area contributed by atoms with Crippen molar-refractivity contribution in [2.24, 2.45) is 17.3 Å². The third-order valence-electron chi connectivity index (χ3n) is 6.91. The quantitative estimate of drug-likeness (QED) is 0.835. The normalized spacial score (nSPS) is 41.2. The molecule has 0 bridgehead atoms. The van der Waals surface area contributed by atoms with Gasteiger partial charge in [-0.25, -0.2) is 0 Å². The average Bonchev–Trinajstić information content (AvgIpc) is 2.83. The van der Waals surface area contributed by atoms with E-state index >= 15 is 0 Å². The van der Waals surface area contributed by atoms with Gasteiger partial charge in [0.05, 0.1) is 6.10 Å². The fourth-order valence-electron chi connectivity index (χ4n) is 5.91. The molecule has 2 saturated carbocycles. The van der Waals surface area contributed by atoms with Crippen LogP contribution in [-0.4, -0.2) is 18.3 Å². The van der Waals surface area contributed by atoms with Gasteiger partial charge >= 0.3 is 0 Å². The number of aryl methyl sites for hydroxylation is 1. The SMILES string of the molecule is CO[C@H]1CC[C@H]2C3CCc4cc(O)ccc4[C@H]3CC[C@]12C. The molecule has 1 aromatic rings. The molecule has 0 saturated heterocycles. The molecule has 2 heteroatoms. The molecule has 3 aliphatic rings. The van der Waals surface area contributed by atoms with Gasteiger partial charge in [-0.3, -0.25) is 0 Å². The lowest BCUT2D eigenvalue weighted by molar-refractivity contribution is -0.0444. The van der Waals surface area contributed by atoms with Gasteiger partial charge in [0.25, 0.3) is 0 Å². The maximum Gasteiger partial charge on any atom is 0.115 e. The van der Waals surface area contributed by atoms with E-state index in [0.29, 0.717) is 23.2 Å². The summed E-state index contributed by atoms with van der Waals surface area (Å²) in [5.74, 6) is 2.78. The first-order valence-corrected chi connectivity index (χ1v) is 8.48. The molecule has 0 spiro atoms. The van der Waals surface area contributed by atoms with Crippen molar-refractivity contribution < 1.29 is 9.84 Å². The molecular weight excluding hydrogens is 260 g/mol. The molecule has 0 aromatic heterocycles.